The Bertz CT molecular complexity index is 325. The molecule has 3 N–H and O–H groups in total. The predicted molar refractivity (Wildman–Crippen MR) is 76.8 cm³/mol. The van der Waals surface area contributed by atoms with Gasteiger partial charge in [0, 0.05) is 13.0 Å². The first-order valence-electron chi connectivity index (χ1n) is 6.43. The maximum absolute atomic E-state index is 11.5. The topological polar surface area (TPSA) is 105 Å². The van der Waals surface area contributed by atoms with Crippen molar-refractivity contribution < 1.29 is 24.2 Å². The molecular weight excluding hydrogens is 284 g/mol. The number of esters is 1. The number of carbonyl (C=O) groups is 3. The Kier molecular flexibility index (Phi) is 10.6. The van der Waals surface area contributed by atoms with Crippen molar-refractivity contribution in [3.05, 3.63) is 0 Å². The summed E-state index contributed by atoms with van der Waals surface area (Å²) in [4.78, 5) is 33.4. The fourth-order valence-electron chi connectivity index (χ4n) is 1.37. The molecule has 0 aromatic rings. The first-order chi connectivity index (χ1) is 9.51. The van der Waals surface area contributed by atoms with Gasteiger partial charge in [-0.05, 0) is 31.8 Å². The minimum Gasteiger partial charge on any atom is -0.480 e. The van der Waals surface area contributed by atoms with Crippen molar-refractivity contribution in [1.29, 1.82) is 0 Å². The number of carbonyl (C=O) groups excluding carboxylic acids is 2. The summed E-state index contributed by atoms with van der Waals surface area (Å²) < 4.78 is 4.74. The molecule has 0 aromatic heterocycles. The maximum atomic E-state index is 11.5. The van der Waals surface area contributed by atoms with Crippen molar-refractivity contribution in [2.24, 2.45) is 0 Å². The quantitative estimate of drug-likeness (QED) is 0.408. The van der Waals surface area contributed by atoms with Crippen molar-refractivity contribution in [3.8, 4) is 0 Å². The number of rotatable bonds is 10. The molecule has 0 radical (unpaired) electrons. The molecule has 7 nitrogen and oxygen atoms in total. The van der Waals surface area contributed by atoms with Crippen LogP contribution in [0.4, 0.5) is 4.79 Å². The second-order valence-electron chi connectivity index (χ2n) is 3.98. The number of carboxylic acid groups (broad SMARTS) is 1. The molecule has 0 heterocycles. The Labute approximate surface area is 122 Å². The third-order valence-electron chi connectivity index (χ3n) is 2.36. The van der Waals surface area contributed by atoms with Gasteiger partial charge in [-0.25, -0.2) is 9.59 Å². The summed E-state index contributed by atoms with van der Waals surface area (Å²) in [5, 5.41) is 13.8. The second-order valence-corrected chi connectivity index (χ2v) is 4.97. The Hall–Kier alpha value is -1.44. The highest BCUT2D eigenvalue weighted by Gasteiger charge is 2.18. The van der Waals surface area contributed by atoms with Crippen LogP contribution >= 0.6 is 11.8 Å². The van der Waals surface area contributed by atoms with Gasteiger partial charge in [-0.1, -0.05) is 0 Å². The van der Waals surface area contributed by atoms with Crippen LogP contribution in [0.25, 0.3) is 0 Å². The normalized spacial score (nSPS) is 11.5. The van der Waals surface area contributed by atoms with Crippen molar-refractivity contribution in [2.75, 3.05) is 25.2 Å². The summed E-state index contributed by atoms with van der Waals surface area (Å²) in [6.07, 6.45) is 2.92. The number of ether oxygens (including phenoxy) is 1. The molecule has 2 amide bonds. The smallest absolute Gasteiger partial charge is 0.326 e. The monoisotopic (exact) mass is 306 g/mol. The van der Waals surface area contributed by atoms with E-state index in [-0.39, 0.29) is 12.4 Å². The van der Waals surface area contributed by atoms with Crippen LogP contribution in [0, 0.1) is 0 Å². The zero-order chi connectivity index (χ0) is 15.4. The fourth-order valence-corrected chi connectivity index (χ4v) is 1.84. The lowest BCUT2D eigenvalue weighted by molar-refractivity contribution is -0.143. The first-order valence-corrected chi connectivity index (χ1v) is 7.82. The predicted octanol–water partition coefficient (Wildman–Crippen LogP) is 0.835. The molecule has 0 spiro atoms. The highest BCUT2D eigenvalue weighted by Crippen LogP contribution is 2.01. The summed E-state index contributed by atoms with van der Waals surface area (Å²) in [6.45, 7) is 2.35. The van der Waals surface area contributed by atoms with Crippen LogP contribution in [0.2, 0.25) is 0 Å². The van der Waals surface area contributed by atoms with Gasteiger partial charge in [-0.3, -0.25) is 4.79 Å². The lowest BCUT2D eigenvalue weighted by atomic mass is 10.2. The van der Waals surface area contributed by atoms with Gasteiger partial charge >= 0.3 is 18.0 Å². The lowest BCUT2D eigenvalue weighted by Gasteiger charge is -2.14. The highest BCUT2D eigenvalue weighted by atomic mass is 32.2. The molecule has 20 heavy (non-hydrogen) atoms. The van der Waals surface area contributed by atoms with Gasteiger partial charge in [0.15, 0.2) is 0 Å². The number of urea groups is 1. The van der Waals surface area contributed by atoms with Gasteiger partial charge in [0.2, 0.25) is 0 Å². The zero-order valence-corrected chi connectivity index (χ0v) is 12.6. The largest absolute Gasteiger partial charge is 0.480 e. The molecule has 0 aromatic carbocycles. The van der Waals surface area contributed by atoms with Crippen LogP contribution in [0.1, 0.15) is 26.2 Å². The van der Waals surface area contributed by atoms with Crippen molar-refractivity contribution in [2.45, 2.75) is 32.2 Å². The van der Waals surface area contributed by atoms with Gasteiger partial charge in [0.05, 0.1) is 6.61 Å². The molecular formula is C12H22N2O5S. The molecule has 0 aliphatic rings. The van der Waals surface area contributed by atoms with Crippen molar-refractivity contribution in [1.82, 2.24) is 10.6 Å². The number of carboxylic acids is 1. The van der Waals surface area contributed by atoms with E-state index in [1.165, 1.54) is 11.8 Å². The molecule has 0 bridgehead atoms. The molecule has 0 saturated heterocycles. The molecule has 8 heteroatoms. The first kappa shape index (κ1) is 18.6. The lowest BCUT2D eigenvalue weighted by Crippen LogP contribution is -2.46. The van der Waals surface area contributed by atoms with Crippen molar-refractivity contribution in [3.63, 3.8) is 0 Å². The van der Waals surface area contributed by atoms with E-state index in [9.17, 15) is 14.4 Å². The average molecular weight is 306 g/mol. The molecule has 116 valence electrons. The highest BCUT2D eigenvalue weighted by molar-refractivity contribution is 7.98. The Balaban J connectivity index is 3.84. The second kappa shape index (κ2) is 11.4. The Morgan fingerprint density at radius 1 is 1.35 bits per heavy atom. The number of hydrogen-bond donors (Lipinski definition) is 3. The van der Waals surface area contributed by atoms with Crippen LogP contribution in [0.15, 0.2) is 0 Å². The van der Waals surface area contributed by atoms with Crippen LogP contribution in [0.3, 0.4) is 0 Å². The van der Waals surface area contributed by atoms with Crippen LogP contribution < -0.4 is 10.6 Å². The number of nitrogens with one attached hydrogen (secondary N) is 2. The summed E-state index contributed by atoms with van der Waals surface area (Å²) in [5.41, 5.74) is 0. The summed E-state index contributed by atoms with van der Waals surface area (Å²) in [5.74, 6) is -0.709. The van der Waals surface area contributed by atoms with Crippen molar-refractivity contribution >= 4 is 29.7 Å². The van der Waals surface area contributed by atoms with Gasteiger partial charge < -0.3 is 20.5 Å². The summed E-state index contributed by atoms with van der Waals surface area (Å²) in [6, 6.07) is -1.44. The molecule has 1 unspecified atom stereocenters. The molecule has 0 rings (SSSR count). The third-order valence-corrected chi connectivity index (χ3v) is 3.01. The summed E-state index contributed by atoms with van der Waals surface area (Å²) in [7, 11) is 0. The van der Waals surface area contributed by atoms with E-state index in [2.05, 4.69) is 10.6 Å². The van der Waals surface area contributed by atoms with Crippen LogP contribution in [-0.4, -0.2) is 54.3 Å². The SMILES string of the molecule is CCOC(=O)CCCNC(=O)NC(CCSC)C(=O)O. The average Bonchev–Trinajstić information content (AvgIpc) is 2.39. The number of hydrogen-bond acceptors (Lipinski definition) is 5. The molecule has 0 aliphatic heterocycles. The summed E-state index contributed by atoms with van der Waals surface area (Å²) >= 11 is 1.52. The van der Waals surface area contributed by atoms with E-state index < -0.39 is 18.0 Å². The van der Waals surface area contributed by atoms with E-state index in [0.717, 1.165) is 0 Å². The number of aliphatic carboxylic acids is 1. The molecule has 0 aliphatic carbocycles. The van der Waals surface area contributed by atoms with E-state index >= 15 is 0 Å². The zero-order valence-electron chi connectivity index (χ0n) is 11.8. The number of amides is 2. The van der Waals surface area contributed by atoms with Gasteiger partial charge in [-0.2, -0.15) is 11.8 Å². The standard InChI is InChI=1S/C12H22N2O5S/c1-3-19-10(15)5-4-7-13-12(18)14-9(11(16)17)6-8-20-2/h9H,3-8H2,1-2H3,(H,16,17)(H2,13,14,18). The minimum absolute atomic E-state index is 0.225. The Morgan fingerprint density at radius 3 is 2.60 bits per heavy atom. The van der Waals surface area contributed by atoms with Gasteiger partial charge in [-0.15, -0.1) is 0 Å². The molecule has 1 atom stereocenters. The third kappa shape index (κ3) is 9.48. The van der Waals surface area contributed by atoms with Crippen LogP contribution in [-0.2, 0) is 14.3 Å². The van der Waals surface area contributed by atoms with E-state index in [1.54, 1.807) is 6.92 Å². The molecule has 0 fully saturated rings. The fraction of sp³-hybridized carbons (Fsp3) is 0.750. The van der Waals surface area contributed by atoms with E-state index in [0.29, 0.717) is 31.7 Å². The van der Waals surface area contributed by atoms with E-state index in [1.807, 2.05) is 6.26 Å². The Morgan fingerprint density at radius 2 is 2.05 bits per heavy atom. The number of thioether (sulfide) groups is 1. The van der Waals surface area contributed by atoms with Crippen LogP contribution in [0.5, 0.6) is 0 Å². The maximum Gasteiger partial charge on any atom is 0.326 e. The van der Waals surface area contributed by atoms with Gasteiger partial charge in [0.1, 0.15) is 6.04 Å². The van der Waals surface area contributed by atoms with Gasteiger partial charge in [0.25, 0.3) is 0 Å². The van der Waals surface area contributed by atoms with E-state index in [4.69, 9.17) is 9.84 Å². The molecule has 0 saturated carbocycles. The minimum atomic E-state index is -1.05.